The Kier molecular flexibility index (Phi) is 3.70. The van der Waals surface area contributed by atoms with E-state index in [0.717, 1.165) is 31.6 Å². The third-order valence-electron chi connectivity index (χ3n) is 3.02. The number of halogens is 3. The van der Waals surface area contributed by atoms with Crippen LogP contribution in [0.4, 0.5) is 19.1 Å². The molecular weight excluding hydrogens is 245 g/mol. The van der Waals surface area contributed by atoms with Gasteiger partial charge >= 0.3 is 6.18 Å². The summed E-state index contributed by atoms with van der Waals surface area (Å²) in [5.74, 6) is 0.0328. The van der Waals surface area contributed by atoms with Crippen LogP contribution in [0.3, 0.4) is 0 Å². The van der Waals surface area contributed by atoms with E-state index in [1.807, 2.05) is 6.92 Å². The normalized spacial score (nSPS) is 24.9. The van der Waals surface area contributed by atoms with Crippen LogP contribution in [-0.2, 0) is 6.18 Å². The fourth-order valence-electron chi connectivity index (χ4n) is 1.99. The Balaban J connectivity index is 2.09. The molecule has 0 aromatic carbocycles. The predicted octanol–water partition coefficient (Wildman–Crippen LogP) is 2.05. The molecule has 18 heavy (non-hydrogen) atoms. The van der Waals surface area contributed by atoms with Gasteiger partial charge in [0.05, 0.1) is 0 Å². The number of rotatable bonds is 2. The summed E-state index contributed by atoms with van der Waals surface area (Å²) in [6.45, 7) is 2.92. The molecule has 1 aromatic heterocycles. The van der Waals surface area contributed by atoms with Gasteiger partial charge in [0.15, 0.2) is 0 Å². The van der Waals surface area contributed by atoms with E-state index in [2.05, 4.69) is 20.6 Å². The first-order valence-electron chi connectivity index (χ1n) is 5.87. The van der Waals surface area contributed by atoms with Crippen LogP contribution in [0.25, 0.3) is 0 Å². The van der Waals surface area contributed by atoms with Crippen molar-refractivity contribution in [3.8, 4) is 0 Å². The van der Waals surface area contributed by atoms with Gasteiger partial charge in [-0.1, -0.05) is 0 Å². The van der Waals surface area contributed by atoms with Crippen LogP contribution in [0.1, 0.15) is 25.5 Å². The Morgan fingerprint density at radius 2 is 2.22 bits per heavy atom. The van der Waals surface area contributed by atoms with Crippen molar-refractivity contribution in [1.29, 1.82) is 0 Å². The molecule has 2 heterocycles. The van der Waals surface area contributed by atoms with Gasteiger partial charge in [0.1, 0.15) is 5.69 Å². The lowest BCUT2D eigenvalue weighted by atomic mass is 10.0. The van der Waals surface area contributed by atoms with E-state index < -0.39 is 11.9 Å². The second-order valence-electron chi connectivity index (χ2n) is 4.40. The molecule has 4 nitrogen and oxygen atoms in total. The van der Waals surface area contributed by atoms with Gasteiger partial charge in [-0.2, -0.15) is 13.2 Å². The van der Waals surface area contributed by atoms with Crippen LogP contribution in [0.5, 0.6) is 0 Å². The van der Waals surface area contributed by atoms with Gasteiger partial charge in [0.25, 0.3) is 0 Å². The Morgan fingerprint density at radius 3 is 2.89 bits per heavy atom. The van der Waals surface area contributed by atoms with Gasteiger partial charge in [-0.15, -0.1) is 0 Å². The molecule has 0 radical (unpaired) electrons. The van der Waals surface area contributed by atoms with Gasteiger partial charge in [-0.25, -0.2) is 9.97 Å². The summed E-state index contributed by atoms with van der Waals surface area (Å²) >= 11 is 0. The molecule has 1 saturated heterocycles. The third kappa shape index (κ3) is 3.10. The topological polar surface area (TPSA) is 49.8 Å². The SMILES string of the molecule is CC1NCCCC1Nc1nccc(C(F)(F)F)n1. The molecule has 2 N–H and O–H groups in total. The summed E-state index contributed by atoms with van der Waals surface area (Å²) in [6.07, 6.45) is -1.43. The minimum atomic E-state index is -4.43. The lowest BCUT2D eigenvalue weighted by Crippen LogP contribution is -2.46. The molecule has 2 unspecified atom stereocenters. The van der Waals surface area contributed by atoms with Crippen LogP contribution >= 0.6 is 0 Å². The average molecular weight is 260 g/mol. The average Bonchev–Trinajstić information content (AvgIpc) is 2.31. The number of hydrogen-bond donors (Lipinski definition) is 2. The Morgan fingerprint density at radius 1 is 1.44 bits per heavy atom. The molecule has 100 valence electrons. The fraction of sp³-hybridized carbons (Fsp3) is 0.636. The Hall–Kier alpha value is -1.37. The first-order chi connectivity index (χ1) is 8.47. The molecule has 1 aromatic rings. The summed E-state index contributed by atoms with van der Waals surface area (Å²) in [5.41, 5.74) is -0.920. The maximum absolute atomic E-state index is 12.5. The van der Waals surface area contributed by atoms with Crippen LogP contribution in [0.15, 0.2) is 12.3 Å². The molecule has 0 saturated carbocycles. The van der Waals surface area contributed by atoms with Gasteiger partial charge in [-0.3, -0.25) is 0 Å². The summed E-state index contributed by atoms with van der Waals surface area (Å²) in [7, 11) is 0. The van der Waals surface area contributed by atoms with Crippen LogP contribution < -0.4 is 10.6 Å². The van der Waals surface area contributed by atoms with Crippen LogP contribution in [0.2, 0.25) is 0 Å². The first-order valence-corrected chi connectivity index (χ1v) is 5.87. The summed E-state index contributed by atoms with van der Waals surface area (Å²) in [6, 6.07) is 1.12. The van der Waals surface area contributed by atoms with Crippen molar-refractivity contribution in [3.05, 3.63) is 18.0 Å². The number of nitrogens with one attached hydrogen (secondary N) is 2. The van der Waals surface area contributed by atoms with Crippen molar-refractivity contribution >= 4 is 5.95 Å². The zero-order valence-electron chi connectivity index (χ0n) is 9.96. The lowest BCUT2D eigenvalue weighted by Gasteiger charge is -2.30. The zero-order chi connectivity index (χ0) is 13.2. The minimum absolute atomic E-state index is 0.0328. The number of piperidine rings is 1. The molecular formula is C11H15F3N4. The standard InChI is InChI=1S/C11H15F3N4/c1-7-8(3-2-5-15-7)17-10-16-6-4-9(18-10)11(12,13)14/h4,6-8,15H,2-3,5H2,1H3,(H,16,17,18). The fourth-order valence-corrected chi connectivity index (χ4v) is 1.99. The maximum Gasteiger partial charge on any atom is 0.433 e. The summed E-state index contributed by atoms with van der Waals surface area (Å²) in [5, 5.41) is 6.22. The van der Waals surface area contributed by atoms with E-state index in [1.54, 1.807) is 0 Å². The number of alkyl halides is 3. The van der Waals surface area contributed by atoms with Crippen molar-refractivity contribution in [2.75, 3.05) is 11.9 Å². The predicted molar refractivity (Wildman–Crippen MR) is 61.1 cm³/mol. The molecule has 2 rings (SSSR count). The Labute approximate surface area is 103 Å². The highest BCUT2D eigenvalue weighted by molar-refractivity contribution is 5.28. The molecule has 0 amide bonds. The van der Waals surface area contributed by atoms with Gasteiger partial charge < -0.3 is 10.6 Å². The summed E-state index contributed by atoms with van der Waals surface area (Å²) in [4.78, 5) is 7.33. The van der Waals surface area contributed by atoms with Gasteiger partial charge in [-0.05, 0) is 32.4 Å². The van der Waals surface area contributed by atoms with E-state index in [4.69, 9.17) is 0 Å². The smallest absolute Gasteiger partial charge is 0.350 e. The lowest BCUT2D eigenvalue weighted by molar-refractivity contribution is -0.141. The van der Waals surface area contributed by atoms with Crippen molar-refractivity contribution < 1.29 is 13.2 Å². The van der Waals surface area contributed by atoms with Crippen molar-refractivity contribution in [2.24, 2.45) is 0 Å². The largest absolute Gasteiger partial charge is 0.433 e. The van der Waals surface area contributed by atoms with Gasteiger partial charge in [0.2, 0.25) is 5.95 Å². The first kappa shape index (κ1) is 13.1. The maximum atomic E-state index is 12.5. The molecule has 0 bridgehead atoms. The number of anilines is 1. The van der Waals surface area contributed by atoms with Crippen molar-refractivity contribution in [3.63, 3.8) is 0 Å². The zero-order valence-corrected chi connectivity index (χ0v) is 9.96. The molecule has 0 aliphatic carbocycles. The van der Waals surface area contributed by atoms with Crippen molar-refractivity contribution in [2.45, 2.75) is 38.0 Å². The van der Waals surface area contributed by atoms with Gasteiger partial charge in [0, 0.05) is 18.3 Å². The molecule has 0 spiro atoms. The van der Waals surface area contributed by atoms with E-state index >= 15 is 0 Å². The van der Waals surface area contributed by atoms with E-state index in [-0.39, 0.29) is 18.0 Å². The second-order valence-corrected chi connectivity index (χ2v) is 4.40. The highest BCUT2D eigenvalue weighted by atomic mass is 19.4. The van der Waals surface area contributed by atoms with E-state index in [0.29, 0.717) is 0 Å². The number of aromatic nitrogens is 2. The Bertz CT molecular complexity index is 408. The van der Waals surface area contributed by atoms with Crippen LogP contribution in [-0.4, -0.2) is 28.6 Å². The highest BCUT2D eigenvalue weighted by Crippen LogP contribution is 2.27. The third-order valence-corrected chi connectivity index (χ3v) is 3.02. The van der Waals surface area contributed by atoms with Crippen LogP contribution in [0, 0.1) is 0 Å². The molecule has 1 aliphatic heterocycles. The van der Waals surface area contributed by atoms with E-state index in [1.165, 1.54) is 0 Å². The quantitative estimate of drug-likeness (QED) is 0.854. The highest BCUT2D eigenvalue weighted by Gasteiger charge is 2.33. The molecule has 2 atom stereocenters. The molecule has 1 fully saturated rings. The van der Waals surface area contributed by atoms with Crippen molar-refractivity contribution in [1.82, 2.24) is 15.3 Å². The number of hydrogen-bond acceptors (Lipinski definition) is 4. The second kappa shape index (κ2) is 5.09. The summed E-state index contributed by atoms with van der Waals surface area (Å²) < 4.78 is 37.5. The minimum Gasteiger partial charge on any atom is -0.350 e. The molecule has 1 aliphatic rings. The van der Waals surface area contributed by atoms with E-state index in [9.17, 15) is 13.2 Å². The number of nitrogens with zero attached hydrogens (tertiary/aromatic N) is 2. The molecule has 7 heteroatoms. The monoisotopic (exact) mass is 260 g/mol.